The Bertz CT molecular complexity index is 1630. The molecule has 7 heteroatoms. The van der Waals surface area contributed by atoms with Crippen LogP contribution in [0.5, 0.6) is 5.75 Å². The van der Waals surface area contributed by atoms with Gasteiger partial charge in [0.2, 0.25) is 0 Å². The Hall–Kier alpha value is -4.65. The molecule has 7 nitrogen and oxygen atoms in total. The van der Waals surface area contributed by atoms with E-state index in [9.17, 15) is 14.4 Å². The average Bonchev–Trinajstić information content (AvgIpc) is 3.18. The van der Waals surface area contributed by atoms with Crippen LogP contribution in [-0.2, 0) is 13.7 Å². The Morgan fingerprint density at radius 3 is 2.29 bits per heavy atom. The lowest BCUT2D eigenvalue weighted by Gasteiger charge is -2.29. The number of H-pyrrole nitrogens is 1. The Labute approximate surface area is 200 Å². The number of rotatable bonds is 4. The number of benzene rings is 3. The van der Waals surface area contributed by atoms with Crippen LogP contribution in [0, 0.1) is 0 Å². The molecule has 1 aromatic heterocycles. The SMILES string of the molecule is Cn1c2c(c(=O)[nH]c1=O)[C@H](c1ccc(OCc3ccccc3)cc1)C1=C(N2)c2ccccc2C1=O. The number of hydrogen-bond acceptors (Lipinski definition) is 5. The Morgan fingerprint density at radius 2 is 1.54 bits per heavy atom. The molecule has 1 atom stereocenters. The highest BCUT2D eigenvalue weighted by Crippen LogP contribution is 2.47. The maximum atomic E-state index is 13.5. The van der Waals surface area contributed by atoms with E-state index >= 15 is 0 Å². The number of ether oxygens (including phenoxy) is 1. The summed E-state index contributed by atoms with van der Waals surface area (Å²) in [6, 6.07) is 24.6. The van der Waals surface area contributed by atoms with E-state index in [1.54, 1.807) is 13.1 Å². The van der Waals surface area contributed by atoms with Crippen molar-refractivity contribution in [2.45, 2.75) is 12.5 Å². The molecule has 0 radical (unpaired) electrons. The first kappa shape index (κ1) is 20.9. The molecule has 0 saturated heterocycles. The molecule has 0 amide bonds. The number of ketones is 1. The number of fused-ring (bicyclic) bond motifs is 3. The van der Waals surface area contributed by atoms with Gasteiger partial charge in [0.1, 0.15) is 18.2 Å². The van der Waals surface area contributed by atoms with Crippen molar-refractivity contribution in [1.82, 2.24) is 9.55 Å². The average molecular weight is 463 g/mol. The maximum absolute atomic E-state index is 13.5. The summed E-state index contributed by atoms with van der Waals surface area (Å²) in [7, 11) is 1.59. The van der Waals surface area contributed by atoms with Gasteiger partial charge in [0.25, 0.3) is 5.56 Å². The van der Waals surface area contributed by atoms with Gasteiger partial charge in [0.05, 0.1) is 11.3 Å². The topological polar surface area (TPSA) is 93.2 Å². The minimum Gasteiger partial charge on any atom is -0.489 e. The number of aromatic nitrogens is 2. The molecule has 6 rings (SSSR count). The summed E-state index contributed by atoms with van der Waals surface area (Å²) in [5.74, 6) is 0.295. The van der Waals surface area contributed by atoms with Gasteiger partial charge >= 0.3 is 5.69 Å². The zero-order valence-corrected chi connectivity index (χ0v) is 18.9. The lowest BCUT2D eigenvalue weighted by atomic mass is 9.81. The van der Waals surface area contributed by atoms with Crippen LogP contribution in [-0.4, -0.2) is 15.3 Å². The first-order valence-corrected chi connectivity index (χ1v) is 11.3. The molecular formula is C28H21N3O4. The molecule has 3 aromatic carbocycles. The zero-order chi connectivity index (χ0) is 24.1. The molecular weight excluding hydrogens is 442 g/mol. The van der Waals surface area contributed by atoms with Crippen molar-refractivity contribution in [2.75, 3.05) is 5.32 Å². The van der Waals surface area contributed by atoms with Crippen LogP contribution in [0.25, 0.3) is 5.70 Å². The van der Waals surface area contributed by atoms with E-state index in [2.05, 4.69) is 10.3 Å². The van der Waals surface area contributed by atoms with Crippen LogP contribution in [0.4, 0.5) is 5.82 Å². The lowest BCUT2D eigenvalue weighted by molar-refractivity contribution is 0.103. The third-order valence-electron chi connectivity index (χ3n) is 6.60. The van der Waals surface area contributed by atoms with Crippen molar-refractivity contribution < 1.29 is 9.53 Å². The first-order valence-electron chi connectivity index (χ1n) is 11.3. The fraction of sp³-hybridized carbons (Fsp3) is 0.107. The van der Waals surface area contributed by atoms with Crippen LogP contribution >= 0.6 is 0 Å². The Balaban J connectivity index is 1.45. The fourth-order valence-corrected chi connectivity index (χ4v) is 4.86. The highest BCUT2D eigenvalue weighted by molar-refractivity contribution is 6.23. The number of carbonyl (C=O) groups excluding carboxylic acids is 1. The quantitative estimate of drug-likeness (QED) is 0.480. The minimum atomic E-state index is -0.639. The van der Waals surface area contributed by atoms with Gasteiger partial charge in [0.15, 0.2) is 5.78 Å². The second kappa shape index (κ2) is 7.99. The molecule has 0 spiro atoms. The summed E-state index contributed by atoms with van der Waals surface area (Å²) in [6.45, 7) is 0.432. The molecule has 2 aliphatic rings. The predicted molar refractivity (Wildman–Crippen MR) is 133 cm³/mol. The van der Waals surface area contributed by atoms with Gasteiger partial charge in [-0.15, -0.1) is 0 Å². The molecule has 0 bridgehead atoms. The van der Waals surface area contributed by atoms with E-state index in [4.69, 9.17) is 4.74 Å². The predicted octanol–water partition coefficient (Wildman–Crippen LogP) is 3.82. The first-order chi connectivity index (χ1) is 17.0. The third-order valence-corrected chi connectivity index (χ3v) is 6.60. The Kier molecular flexibility index (Phi) is 4.77. The molecule has 0 saturated carbocycles. The lowest BCUT2D eigenvalue weighted by Crippen LogP contribution is -2.37. The number of allylic oxidation sites excluding steroid dienone is 1. The molecule has 2 N–H and O–H groups in total. The smallest absolute Gasteiger partial charge is 0.329 e. The van der Waals surface area contributed by atoms with E-state index < -0.39 is 17.2 Å². The summed E-state index contributed by atoms with van der Waals surface area (Å²) < 4.78 is 7.29. The van der Waals surface area contributed by atoms with Gasteiger partial charge < -0.3 is 10.1 Å². The van der Waals surface area contributed by atoms with Crippen LogP contribution < -0.4 is 21.3 Å². The van der Waals surface area contributed by atoms with E-state index in [0.717, 1.165) is 16.7 Å². The summed E-state index contributed by atoms with van der Waals surface area (Å²) in [5.41, 5.74) is 3.59. The molecule has 0 fully saturated rings. The molecule has 2 heterocycles. The fourth-order valence-electron chi connectivity index (χ4n) is 4.86. The van der Waals surface area contributed by atoms with Gasteiger partial charge in [0, 0.05) is 29.7 Å². The second-order valence-corrected chi connectivity index (χ2v) is 8.65. The van der Waals surface area contributed by atoms with Crippen molar-refractivity contribution in [2.24, 2.45) is 7.05 Å². The summed E-state index contributed by atoms with van der Waals surface area (Å²) >= 11 is 0. The summed E-state index contributed by atoms with van der Waals surface area (Å²) in [4.78, 5) is 41.3. The van der Waals surface area contributed by atoms with E-state index in [1.807, 2.05) is 72.8 Å². The van der Waals surface area contributed by atoms with Gasteiger partial charge in [-0.05, 0) is 23.3 Å². The molecule has 1 aliphatic carbocycles. The van der Waals surface area contributed by atoms with Crippen molar-refractivity contribution in [3.8, 4) is 5.75 Å². The van der Waals surface area contributed by atoms with E-state index in [0.29, 0.717) is 40.6 Å². The molecule has 172 valence electrons. The van der Waals surface area contributed by atoms with E-state index in [-0.39, 0.29) is 5.78 Å². The van der Waals surface area contributed by atoms with Gasteiger partial charge in [-0.25, -0.2) is 4.79 Å². The Morgan fingerprint density at radius 1 is 0.857 bits per heavy atom. The number of carbonyl (C=O) groups is 1. The third kappa shape index (κ3) is 3.32. The highest BCUT2D eigenvalue weighted by atomic mass is 16.5. The monoisotopic (exact) mass is 463 g/mol. The molecule has 35 heavy (non-hydrogen) atoms. The van der Waals surface area contributed by atoms with Crippen LogP contribution in [0.15, 0.2) is 94.0 Å². The van der Waals surface area contributed by atoms with Crippen molar-refractivity contribution in [1.29, 1.82) is 0 Å². The maximum Gasteiger partial charge on any atom is 0.329 e. The van der Waals surface area contributed by atoms with Crippen LogP contribution in [0.2, 0.25) is 0 Å². The number of aromatic amines is 1. The number of Topliss-reactive ketones (excluding diaryl/α,β-unsaturated/α-hetero) is 1. The number of nitrogens with zero attached hydrogens (tertiary/aromatic N) is 1. The molecule has 1 aliphatic heterocycles. The summed E-state index contributed by atoms with van der Waals surface area (Å²) in [5, 5.41) is 3.22. The normalized spacial score (nSPS) is 15.8. The van der Waals surface area contributed by atoms with Crippen LogP contribution in [0.3, 0.4) is 0 Å². The second-order valence-electron chi connectivity index (χ2n) is 8.65. The van der Waals surface area contributed by atoms with Crippen molar-refractivity contribution >= 4 is 17.3 Å². The van der Waals surface area contributed by atoms with Gasteiger partial charge in [-0.1, -0.05) is 66.7 Å². The number of anilines is 1. The highest BCUT2D eigenvalue weighted by Gasteiger charge is 2.42. The molecule has 0 unspecified atom stereocenters. The summed E-state index contributed by atoms with van der Waals surface area (Å²) in [6.07, 6.45) is 0. The minimum absolute atomic E-state index is 0.128. The zero-order valence-electron chi connectivity index (χ0n) is 18.9. The van der Waals surface area contributed by atoms with Crippen LogP contribution in [0.1, 0.15) is 38.5 Å². The standard InChI is InChI=1S/C28H21N3O4/c1-31-26-23(27(33)30-28(31)34)21(22-24(29-26)19-9-5-6-10-20(19)25(22)32)17-11-13-18(14-12-17)35-15-16-7-3-2-4-8-16/h2-14,21,29H,15H2,1H3,(H,30,33,34)/t21-/m1/s1. The largest absolute Gasteiger partial charge is 0.489 e. The molecule has 4 aromatic rings. The number of hydrogen-bond donors (Lipinski definition) is 2. The van der Waals surface area contributed by atoms with E-state index in [1.165, 1.54) is 4.57 Å². The van der Waals surface area contributed by atoms with Crippen molar-refractivity contribution in [3.05, 3.63) is 133 Å². The number of nitrogens with one attached hydrogen (secondary N) is 2. The van der Waals surface area contributed by atoms with Gasteiger partial charge in [-0.2, -0.15) is 0 Å². The van der Waals surface area contributed by atoms with Gasteiger partial charge in [-0.3, -0.25) is 19.1 Å². The van der Waals surface area contributed by atoms with Crippen molar-refractivity contribution in [3.63, 3.8) is 0 Å².